The summed E-state index contributed by atoms with van der Waals surface area (Å²) >= 11 is 5.70. The lowest BCUT2D eigenvalue weighted by atomic mass is 10.1. The van der Waals surface area contributed by atoms with Crippen molar-refractivity contribution in [3.05, 3.63) is 35.6 Å². The molecule has 1 N–H and O–H groups in total. The minimum atomic E-state index is -3.65. The van der Waals surface area contributed by atoms with Crippen molar-refractivity contribution in [2.45, 2.75) is 8.67 Å². The summed E-state index contributed by atoms with van der Waals surface area (Å²) in [5, 5.41) is 9.85. The molecular formula is C9H9Br2FO3S. The van der Waals surface area contributed by atoms with Gasteiger partial charge in [0.25, 0.3) is 0 Å². The molecule has 0 aliphatic heterocycles. The molecule has 0 aromatic heterocycles. The first kappa shape index (κ1) is 14.1. The number of rotatable bonds is 3. The lowest BCUT2D eigenvalue weighted by Gasteiger charge is -2.25. The minimum absolute atomic E-state index is 0.0957. The highest BCUT2D eigenvalue weighted by molar-refractivity contribution is 9.27. The van der Waals surface area contributed by atoms with Gasteiger partial charge in [0, 0.05) is 11.8 Å². The third-order valence-corrected chi connectivity index (χ3v) is 7.62. The van der Waals surface area contributed by atoms with Crippen molar-refractivity contribution in [3.63, 3.8) is 0 Å². The minimum Gasteiger partial charge on any atom is -0.385 e. The molecule has 3 nitrogen and oxygen atoms in total. The first-order chi connectivity index (χ1) is 7.18. The third-order valence-electron chi connectivity index (χ3n) is 2.01. The maximum Gasteiger partial charge on any atom is 0.210 e. The zero-order chi connectivity index (χ0) is 12.6. The summed E-state index contributed by atoms with van der Waals surface area (Å²) in [5.74, 6) is -0.665. The molecule has 0 amide bonds. The monoisotopic (exact) mass is 374 g/mol. The van der Waals surface area contributed by atoms with E-state index in [2.05, 4.69) is 31.9 Å². The summed E-state index contributed by atoms with van der Waals surface area (Å²) < 4.78 is 34.4. The van der Waals surface area contributed by atoms with Gasteiger partial charge in [-0.15, -0.1) is 0 Å². The van der Waals surface area contributed by atoms with E-state index < -0.39 is 24.3 Å². The van der Waals surface area contributed by atoms with Gasteiger partial charge in [0.15, 0.2) is 9.84 Å². The van der Waals surface area contributed by atoms with E-state index in [-0.39, 0.29) is 5.56 Å². The number of benzene rings is 1. The molecule has 0 radical (unpaired) electrons. The van der Waals surface area contributed by atoms with Crippen LogP contribution in [0.2, 0.25) is 0 Å². The molecule has 0 saturated carbocycles. The van der Waals surface area contributed by atoms with Gasteiger partial charge in [0.05, 0.1) is 0 Å². The summed E-state index contributed by atoms with van der Waals surface area (Å²) in [6.07, 6.45) is -0.621. The second kappa shape index (κ2) is 4.72. The number of halogens is 3. The summed E-state index contributed by atoms with van der Waals surface area (Å²) in [5.41, 5.74) is -0.0957. The Morgan fingerprint density at radius 1 is 1.38 bits per heavy atom. The molecule has 0 aliphatic rings. The van der Waals surface area contributed by atoms with E-state index >= 15 is 0 Å². The molecule has 1 rings (SSSR count). The standard InChI is InChI=1S/C9H9Br2FO3S/c1-16(14,15)9(10,11)8(13)6-4-2-3-5-7(6)12/h2-5,8,13H,1H3/t8-/m0/s1. The van der Waals surface area contributed by atoms with E-state index in [0.29, 0.717) is 0 Å². The Hall–Kier alpha value is 0.0200. The fourth-order valence-electron chi connectivity index (χ4n) is 1.08. The van der Waals surface area contributed by atoms with Crippen LogP contribution in [0.5, 0.6) is 0 Å². The van der Waals surface area contributed by atoms with Crippen molar-refractivity contribution in [1.29, 1.82) is 0 Å². The zero-order valence-electron chi connectivity index (χ0n) is 8.19. The van der Waals surface area contributed by atoms with Gasteiger partial charge >= 0.3 is 0 Å². The van der Waals surface area contributed by atoms with Crippen LogP contribution in [0.1, 0.15) is 11.7 Å². The zero-order valence-corrected chi connectivity index (χ0v) is 12.2. The maximum atomic E-state index is 13.4. The first-order valence-electron chi connectivity index (χ1n) is 4.18. The van der Waals surface area contributed by atoms with Gasteiger partial charge < -0.3 is 5.11 Å². The van der Waals surface area contributed by atoms with Crippen LogP contribution >= 0.6 is 31.9 Å². The van der Waals surface area contributed by atoms with E-state index in [1.165, 1.54) is 18.2 Å². The van der Waals surface area contributed by atoms with E-state index in [9.17, 15) is 17.9 Å². The van der Waals surface area contributed by atoms with Gasteiger partial charge in [-0.1, -0.05) is 50.1 Å². The Balaban J connectivity index is 3.23. The Morgan fingerprint density at radius 3 is 2.31 bits per heavy atom. The quantitative estimate of drug-likeness (QED) is 0.825. The van der Waals surface area contributed by atoms with Gasteiger partial charge in [0.2, 0.25) is 2.57 Å². The fourth-order valence-corrected chi connectivity index (χ4v) is 2.11. The summed E-state index contributed by atoms with van der Waals surface area (Å²) in [4.78, 5) is 0. The fraction of sp³-hybridized carbons (Fsp3) is 0.333. The molecule has 1 atom stereocenters. The van der Waals surface area contributed by atoms with Crippen molar-refractivity contribution >= 4 is 41.7 Å². The van der Waals surface area contributed by atoms with Crippen molar-refractivity contribution in [1.82, 2.24) is 0 Å². The van der Waals surface area contributed by atoms with E-state index in [1.54, 1.807) is 0 Å². The Morgan fingerprint density at radius 2 is 1.88 bits per heavy atom. The predicted octanol–water partition coefficient (Wildman–Crippen LogP) is 2.35. The molecule has 90 valence electrons. The van der Waals surface area contributed by atoms with Crippen LogP contribution in [0, 0.1) is 5.82 Å². The topological polar surface area (TPSA) is 54.4 Å². The highest BCUT2D eigenvalue weighted by atomic mass is 79.9. The smallest absolute Gasteiger partial charge is 0.210 e. The molecule has 1 aromatic carbocycles. The second-order valence-corrected chi connectivity index (χ2v) is 10.1. The molecule has 0 bridgehead atoms. The van der Waals surface area contributed by atoms with Crippen LogP contribution in [-0.2, 0) is 9.84 Å². The number of aliphatic hydroxyl groups is 1. The van der Waals surface area contributed by atoms with Gasteiger partial charge in [-0.05, 0) is 6.07 Å². The SMILES string of the molecule is CS(=O)(=O)C(Br)(Br)[C@@H](O)c1ccccc1F. The summed E-state index contributed by atoms with van der Waals surface area (Å²) in [6.45, 7) is 0. The van der Waals surface area contributed by atoms with Crippen molar-refractivity contribution in [3.8, 4) is 0 Å². The molecule has 1 aromatic rings. The average molecular weight is 376 g/mol. The number of aliphatic hydroxyl groups excluding tert-OH is 1. The molecular weight excluding hydrogens is 367 g/mol. The number of sulfone groups is 1. The van der Waals surface area contributed by atoms with Crippen LogP contribution < -0.4 is 0 Å². The largest absolute Gasteiger partial charge is 0.385 e. The van der Waals surface area contributed by atoms with Crippen molar-refractivity contribution in [2.24, 2.45) is 0 Å². The van der Waals surface area contributed by atoms with Crippen LogP contribution in [0.3, 0.4) is 0 Å². The molecule has 16 heavy (non-hydrogen) atoms. The molecule has 0 fully saturated rings. The van der Waals surface area contributed by atoms with Crippen LogP contribution in [0.4, 0.5) is 4.39 Å². The molecule has 0 spiro atoms. The molecule has 0 saturated heterocycles. The van der Waals surface area contributed by atoms with Crippen LogP contribution in [-0.4, -0.2) is 22.3 Å². The van der Waals surface area contributed by atoms with E-state index in [1.807, 2.05) is 0 Å². The van der Waals surface area contributed by atoms with Gasteiger partial charge in [-0.3, -0.25) is 0 Å². The third kappa shape index (κ3) is 2.64. The highest BCUT2D eigenvalue weighted by Gasteiger charge is 2.44. The Kier molecular flexibility index (Phi) is 4.15. The van der Waals surface area contributed by atoms with E-state index in [0.717, 1.165) is 12.3 Å². The predicted molar refractivity (Wildman–Crippen MR) is 66.8 cm³/mol. The van der Waals surface area contributed by atoms with Crippen LogP contribution in [0.15, 0.2) is 24.3 Å². The first-order valence-corrected chi connectivity index (χ1v) is 7.65. The van der Waals surface area contributed by atoms with Crippen LogP contribution in [0.25, 0.3) is 0 Å². The molecule has 7 heteroatoms. The number of hydrogen-bond acceptors (Lipinski definition) is 3. The summed E-state index contributed by atoms with van der Waals surface area (Å²) in [6, 6.07) is 5.44. The number of hydrogen-bond donors (Lipinski definition) is 1. The molecule has 0 unspecified atom stereocenters. The lowest BCUT2D eigenvalue weighted by molar-refractivity contribution is 0.184. The lowest BCUT2D eigenvalue weighted by Crippen LogP contribution is -2.32. The Bertz CT molecular complexity index is 487. The molecule has 0 aliphatic carbocycles. The van der Waals surface area contributed by atoms with Gasteiger partial charge in [0.1, 0.15) is 11.9 Å². The van der Waals surface area contributed by atoms with Gasteiger partial charge in [-0.25, -0.2) is 12.8 Å². The Labute approximate surface area is 110 Å². The number of alkyl halides is 2. The summed E-state index contributed by atoms with van der Waals surface area (Å²) in [7, 11) is -3.65. The normalized spacial score (nSPS) is 14.8. The van der Waals surface area contributed by atoms with E-state index in [4.69, 9.17) is 0 Å². The maximum absolute atomic E-state index is 13.4. The average Bonchev–Trinajstić information content (AvgIpc) is 2.15. The van der Waals surface area contributed by atoms with Crippen molar-refractivity contribution < 1.29 is 17.9 Å². The molecule has 0 heterocycles. The van der Waals surface area contributed by atoms with Crippen molar-refractivity contribution in [2.75, 3.05) is 6.26 Å². The van der Waals surface area contributed by atoms with Gasteiger partial charge in [-0.2, -0.15) is 0 Å². The highest BCUT2D eigenvalue weighted by Crippen LogP contribution is 2.44. The second-order valence-electron chi connectivity index (χ2n) is 3.26.